The van der Waals surface area contributed by atoms with Crippen LogP contribution in [0.3, 0.4) is 0 Å². The van der Waals surface area contributed by atoms with Crippen molar-refractivity contribution < 1.29 is 9.21 Å². The first-order valence-electron chi connectivity index (χ1n) is 8.47. The van der Waals surface area contributed by atoms with E-state index in [0.717, 1.165) is 36.6 Å². The zero-order valence-electron chi connectivity index (χ0n) is 13.7. The SMILES string of the molecule is Cn1c(C(=O)NC2CCCCC2)cc2c(=O)oc3ccccc3c21. The Bertz CT molecular complexity index is 977. The van der Waals surface area contributed by atoms with Crippen molar-refractivity contribution in [3.8, 4) is 0 Å². The van der Waals surface area contributed by atoms with Crippen LogP contribution in [0, 0.1) is 0 Å². The maximum atomic E-state index is 12.7. The summed E-state index contributed by atoms with van der Waals surface area (Å²) in [5.74, 6) is -0.121. The molecule has 0 atom stereocenters. The van der Waals surface area contributed by atoms with E-state index in [4.69, 9.17) is 4.42 Å². The molecule has 1 fully saturated rings. The molecule has 1 aromatic carbocycles. The van der Waals surface area contributed by atoms with Crippen LogP contribution in [0.1, 0.15) is 42.6 Å². The number of carbonyl (C=O) groups is 1. The molecular weight excluding hydrogens is 304 g/mol. The van der Waals surface area contributed by atoms with Crippen molar-refractivity contribution in [3.63, 3.8) is 0 Å². The molecule has 3 aromatic rings. The van der Waals surface area contributed by atoms with Crippen molar-refractivity contribution in [3.05, 3.63) is 46.4 Å². The highest BCUT2D eigenvalue weighted by Gasteiger charge is 2.21. The molecule has 5 nitrogen and oxygen atoms in total. The monoisotopic (exact) mass is 324 g/mol. The van der Waals surface area contributed by atoms with Gasteiger partial charge in [0, 0.05) is 18.5 Å². The lowest BCUT2D eigenvalue weighted by atomic mass is 9.95. The van der Waals surface area contributed by atoms with E-state index in [1.165, 1.54) is 6.42 Å². The lowest BCUT2D eigenvalue weighted by molar-refractivity contribution is 0.0920. The Morgan fingerprint density at radius 3 is 2.71 bits per heavy atom. The first-order valence-corrected chi connectivity index (χ1v) is 8.47. The van der Waals surface area contributed by atoms with Crippen LogP contribution in [0.2, 0.25) is 0 Å². The van der Waals surface area contributed by atoms with Gasteiger partial charge >= 0.3 is 5.63 Å². The number of aromatic nitrogens is 1. The predicted molar refractivity (Wildman–Crippen MR) is 93.3 cm³/mol. The number of hydrogen-bond donors (Lipinski definition) is 1. The second-order valence-corrected chi connectivity index (χ2v) is 6.54. The molecule has 4 rings (SSSR count). The third-order valence-electron chi connectivity index (χ3n) is 4.97. The summed E-state index contributed by atoms with van der Waals surface area (Å²) >= 11 is 0. The minimum absolute atomic E-state index is 0.121. The third kappa shape index (κ3) is 2.40. The Kier molecular flexibility index (Phi) is 3.63. The van der Waals surface area contributed by atoms with Crippen molar-refractivity contribution in [2.24, 2.45) is 7.05 Å². The molecule has 24 heavy (non-hydrogen) atoms. The number of benzene rings is 1. The zero-order chi connectivity index (χ0) is 16.7. The molecule has 5 heteroatoms. The molecule has 1 aliphatic rings. The van der Waals surface area contributed by atoms with Gasteiger partial charge in [-0.2, -0.15) is 0 Å². The van der Waals surface area contributed by atoms with Crippen LogP contribution < -0.4 is 10.9 Å². The Hall–Kier alpha value is -2.56. The smallest absolute Gasteiger partial charge is 0.345 e. The standard InChI is InChI=1S/C19H20N2O3/c1-21-15(18(22)20-12-7-3-2-4-8-12)11-14-17(21)13-9-5-6-10-16(13)24-19(14)23/h5-6,9-12H,2-4,7-8H2,1H3,(H,20,22). The lowest BCUT2D eigenvalue weighted by Crippen LogP contribution is -2.36. The van der Waals surface area contributed by atoms with Gasteiger partial charge in [-0.15, -0.1) is 0 Å². The third-order valence-corrected chi connectivity index (χ3v) is 4.97. The summed E-state index contributed by atoms with van der Waals surface area (Å²) in [6.07, 6.45) is 5.62. The quantitative estimate of drug-likeness (QED) is 0.735. The first kappa shape index (κ1) is 15.0. The Labute approximate surface area is 139 Å². The van der Waals surface area contributed by atoms with Gasteiger partial charge in [-0.1, -0.05) is 31.4 Å². The van der Waals surface area contributed by atoms with E-state index in [1.54, 1.807) is 16.7 Å². The molecule has 1 saturated carbocycles. The molecule has 0 saturated heterocycles. The molecule has 1 amide bonds. The molecule has 1 aliphatic carbocycles. The maximum absolute atomic E-state index is 12.7. The molecule has 2 heterocycles. The molecule has 0 aliphatic heterocycles. The van der Waals surface area contributed by atoms with E-state index in [-0.39, 0.29) is 11.9 Å². The second-order valence-electron chi connectivity index (χ2n) is 6.54. The Morgan fingerprint density at radius 1 is 1.17 bits per heavy atom. The second kappa shape index (κ2) is 5.82. The predicted octanol–water partition coefficient (Wildman–Crippen LogP) is 3.35. The van der Waals surface area contributed by atoms with E-state index in [1.807, 2.05) is 25.2 Å². The topological polar surface area (TPSA) is 64.2 Å². The molecule has 2 aromatic heterocycles. The first-order chi connectivity index (χ1) is 11.6. The number of hydrogen-bond acceptors (Lipinski definition) is 3. The maximum Gasteiger partial charge on any atom is 0.345 e. The lowest BCUT2D eigenvalue weighted by Gasteiger charge is -2.22. The van der Waals surface area contributed by atoms with E-state index < -0.39 is 5.63 Å². The van der Waals surface area contributed by atoms with Crippen LogP contribution in [0.5, 0.6) is 0 Å². The number of amides is 1. The normalized spacial score (nSPS) is 15.9. The summed E-state index contributed by atoms with van der Waals surface area (Å²) in [6.45, 7) is 0. The molecule has 0 unspecified atom stereocenters. The fourth-order valence-corrected chi connectivity index (χ4v) is 3.71. The zero-order valence-corrected chi connectivity index (χ0v) is 13.7. The number of aryl methyl sites for hydroxylation is 1. The minimum Gasteiger partial charge on any atom is -0.422 e. The summed E-state index contributed by atoms with van der Waals surface area (Å²) in [4.78, 5) is 24.9. The molecule has 0 bridgehead atoms. The summed E-state index contributed by atoms with van der Waals surface area (Å²) in [6, 6.07) is 9.28. The van der Waals surface area contributed by atoms with Crippen LogP contribution >= 0.6 is 0 Å². The number of para-hydroxylation sites is 1. The Balaban J connectivity index is 1.80. The highest BCUT2D eigenvalue weighted by molar-refractivity contribution is 6.07. The van der Waals surface area contributed by atoms with Crippen molar-refractivity contribution in [2.45, 2.75) is 38.1 Å². The number of carbonyl (C=O) groups excluding carboxylic acids is 1. The fraction of sp³-hybridized carbons (Fsp3) is 0.368. The van der Waals surface area contributed by atoms with Crippen molar-refractivity contribution in [1.29, 1.82) is 0 Å². The average molecular weight is 324 g/mol. The van der Waals surface area contributed by atoms with Crippen molar-refractivity contribution in [1.82, 2.24) is 9.88 Å². The summed E-state index contributed by atoms with van der Waals surface area (Å²) in [7, 11) is 1.82. The number of fused-ring (bicyclic) bond motifs is 3. The molecule has 124 valence electrons. The van der Waals surface area contributed by atoms with Crippen LogP contribution in [0.25, 0.3) is 21.9 Å². The fourth-order valence-electron chi connectivity index (χ4n) is 3.71. The van der Waals surface area contributed by atoms with Crippen molar-refractivity contribution in [2.75, 3.05) is 0 Å². The van der Waals surface area contributed by atoms with Crippen LogP contribution in [0.4, 0.5) is 0 Å². The average Bonchev–Trinajstić information content (AvgIpc) is 2.95. The molecule has 1 N–H and O–H groups in total. The van der Waals surface area contributed by atoms with Gasteiger partial charge in [0.15, 0.2) is 0 Å². The van der Waals surface area contributed by atoms with E-state index in [0.29, 0.717) is 16.7 Å². The number of nitrogens with zero attached hydrogens (tertiary/aromatic N) is 1. The summed E-state index contributed by atoms with van der Waals surface area (Å²) < 4.78 is 7.17. The van der Waals surface area contributed by atoms with Gasteiger partial charge in [0.05, 0.1) is 10.9 Å². The van der Waals surface area contributed by atoms with Gasteiger partial charge in [-0.3, -0.25) is 4.79 Å². The highest BCUT2D eigenvalue weighted by atomic mass is 16.4. The van der Waals surface area contributed by atoms with Gasteiger partial charge in [-0.05, 0) is 31.0 Å². The van der Waals surface area contributed by atoms with Crippen LogP contribution in [-0.4, -0.2) is 16.5 Å². The van der Waals surface area contributed by atoms with E-state index >= 15 is 0 Å². The Morgan fingerprint density at radius 2 is 1.92 bits per heavy atom. The van der Waals surface area contributed by atoms with Crippen LogP contribution in [0.15, 0.2) is 39.5 Å². The van der Waals surface area contributed by atoms with Crippen LogP contribution in [-0.2, 0) is 7.05 Å². The van der Waals surface area contributed by atoms with Gasteiger partial charge < -0.3 is 14.3 Å². The molecule has 0 spiro atoms. The van der Waals surface area contributed by atoms with Gasteiger partial charge in [0.25, 0.3) is 5.91 Å². The van der Waals surface area contributed by atoms with Gasteiger partial charge in [0.1, 0.15) is 11.3 Å². The van der Waals surface area contributed by atoms with Gasteiger partial charge in [0.2, 0.25) is 0 Å². The largest absolute Gasteiger partial charge is 0.422 e. The number of rotatable bonds is 2. The van der Waals surface area contributed by atoms with E-state index in [9.17, 15) is 9.59 Å². The molecular formula is C19H20N2O3. The van der Waals surface area contributed by atoms with E-state index in [2.05, 4.69) is 5.32 Å². The van der Waals surface area contributed by atoms with Crippen molar-refractivity contribution >= 4 is 27.8 Å². The summed E-state index contributed by atoms with van der Waals surface area (Å²) in [5, 5.41) is 4.40. The number of nitrogens with one attached hydrogen (secondary N) is 1. The molecule has 0 radical (unpaired) electrons. The minimum atomic E-state index is -0.406. The van der Waals surface area contributed by atoms with Gasteiger partial charge in [-0.25, -0.2) is 4.79 Å². The highest BCUT2D eigenvalue weighted by Crippen LogP contribution is 2.25. The summed E-state index contributed by atoms with van der Waals surface area (Å²) in [5.41, 5.74) is 1.38.